The van der Waals surface area contributed by atoms with Crippen LogP contribution in [0.2, 0.25) is 5.02 Å². The summed E-state index contributed by atoms with van der Waals surface area (Å²) in [6, 6.07) is 12.4. The highest BCUT2D eigenvalue weighted by Crippen LogP contribution is 2.33. The number of hydrogen-bond acceptors (Lipinski definition) is 5. The molecule has 2 aromatic carbocycles. The number of piperidine rings is 1. The van der Waals surface area contributed by atoms with E-state index in [4.69, 9.17) is 16.3 Å². The first-order valence-electron chi connectivity index (χ1n) is 11.9. The zero-order valence-electron chi connectivity index (χ0n) is 20.2. The molecule has 4 rings (SSSR count). The van der Waals surface area contributed by atoms with E-state index in [0.29, 0.717) is 56.0 Å². The van der Waals surface area contributed by atoms with Crippen molar-refractivity contribution in [3.05, 3.63) is 59.1 Å². The number of ether oxygens (including phenoxy) is 1. The number of benzene rings is 2. The Morgan fingerprint density at radius 1 is 1.09 bits per heavy atom. The van der Waals surface area contributed by atoms with Gasteiger partial charge in [0, 0.05) is 50.4 Å². The van der Waals surface area contributed by atoms with Gasteiger partial charge < -0.3 is 14.5 Å². The van der Waals surface area contributed by atoms with Crippen LogP contribution >= 0.6 is 11.6 Å². The molecule has 9 heteroatoms. The van der Waals surface area contributed by atoms with Crippen LogP contribution in [0, 0.1) is 5.92 Å². The lowest BCUT2D eigenvalue weighted by Gasteiger charge is -2.36. The third-order valence-corrected chi connectivity index (χ3v) is 8.86. The summed E-state index contributed by atoms with van der Waals surface area (Å²) in [5.41, 5.74) is 1.53. The Bertz CT molecular complexity index is 1190. The number of sulfonamides is 1. The van der Waals surface area contributed by atoms with Crippen LogP contribution in [0.1, 0.15) is 25.3 Å². The first-order valence-corrected chi connectivity index (χ1v) is 13.8. The van der Waals surface area contributed by atoms with Gasteiger partial charge in [-0.05, 0) is 54.7 Å². The molecular weight excluding hydrogens is 486 g/mol. The Kier molecular flexibility index (Phi) is 8.04. The SMILES string of the molecule is COc1ccc(S(=O)(=O)N2CCC[C@@H](C)C2)cc1N1CCN(C(=O)/C=C/c2ccccc2Cl)CC1. The van der Waals surface area contributed by atoms with Crippen LogP contribution in [0.5, 0.6) is 5.75 Å². The number of rotatable bonds is 6. The molecular formula is C26H32ClN3O4S. The second-order valence-electron chi connectivity index (χ2n) is 9.11. The maximum Gasteiger partial charge on any atom is 0.246 e. The molecule has 2 aliphatic rings. The second kappa shape index (κ2) is 11.0. The van der Waals surface area contributed by atoms with Crippen LogP contribution in [0.25, 0.3) is 6.08 Å². The fourth-order valence-corrected chi connectivity index (χ4v) is 6.45. The van der Waals surface area contributed by atoms with Gasteiger partial charge in [-0.1, -0.05) is 36.7 Å². The van der Waals surface area contributed by atoms with Crippen LogP contribution in [0.3, 0.4) is 0 Å². The number of methoxy groups -OCH3 is 1. The number of carbonyl (C=O) groups is 1. The number of anilines is 1. The standard InChI is InChI=1S/C26H32ClN3O4S/c1-20-6-5-13-30(19-20)35(32,33)22-10-11-25(34-2)24(18-22)28-14-16-29(17-15-28)26(31)12-9-21-7-3-4-8-23(21)27/h3-4,7-12,18,20H,5-6,13-17,19H2,1-2H3/b12-9+/t20-/m1/s1. The molecule has 2 heterocycles. The molecule has 0 bridgehead atoms. The number of piperazine rings is 1. The molecule has 0 N–H and O–H groups in total. The minimum atomic E-state index is -3.58. The molecule has 2 aromatic rings. The van der Waals surface area contributed by atoms with Crippen molar-refractivity contribution in [1.29, 1.82) is 0 Å². The van der Waals surface area contributed by atoms with Gasteiger partial charge in [-0.2, -0.15) is 4.31 Å². The molecule has 0 spiro atoms. The van der Waals surface area contributed by atoms with E-state index in [9.17, 15) is 13.2 Å². The second-order valence-corrected chi connectivity index (χ2v) is 11.5. The quantitative estimate of drug-likeness (QED) is 0.539. The summed E-state index contributed by atoms with van der Waals surface area (Å²) >= 11 is 6.17. The Balaban J connectivity index is 1.46. The van der Waals surface area contributed by atoms with Gasteiger partial charge >= 0.3 is 0 Å². The first kappa shape index (κ1) is 25.5. The minimum absolute atomic E-state index is 0.0768. The normalized spacial score (nSPS) is 19.8. The van der Waals surface area contributed by atoms with Crippen molar-refractivity contribution in [3.8, 4) is 5.75 Å². The molecule has 35 heavy (non-hydrogen) atoms. The smallest absolute Gasteiger partial charge is 0.246 e. The summed E-state index contributed by atoms with van der Waals surface area (Å²) in [5, 5.41) is 0.599. The Hall–Kier alpha value is -2.55. The molecule has 2 saturated heterocycles. The van der Waals surface area contributed by atoms with Crippen molar-refractivity contribution in [1.82, 2.24) is 9.21 Å². The van der Waals surface area contributed by atoms with Crippen molar-refractivity contribution in [2.75, 3.05) is 51.3 Å². The monoisotopic (exact) mass is 517 g/mol. The van der Waals surface area contributed by atoms with E-state index < -0.39 is 10.0 Å². The largest absolute Gasteiger partial charge is 0.495 e. The molecule has 0 saturated carbocycles. The van der Waals surface area contributed by atoms with Gasteiger partial charge in [0.25, 0.3) is 0 Å². The number of amides is 1. The topological polar surface area (TPSA) is 70.2 Å². The third kappa shape index (κ3) is 5.82. The summed E-state index contributed by atoms with van der Waals surface area (Å²) in [4.78, 5) is 16.9. The molecule has 1 atom stereocenters. The number of hydrogen-bond donors (Lipinski definition) is 0. The van der Waals surface area contributed by atoms with E-state index in [2.05, 4.69) is 11.8 Å². The molecule has 188 valence electrons. The number of halogens is 1. The van der Waals surface area contributed by atoms with Gasteiger partial charge in [-0.3, -0.25) is 4.79 Å². The zero-order chi connectivity index (χ0) is 25.0. The van der Waals surface area contributed by atoms with Crippen molar-refractivity contribution in [2.45, 2.75) is 24.7 Å². The van der Waals surface area contributed by atoms with Crippen LogP contribution in [-0.2, 0) is 14.8 Å². The summed E-state index contributed by atoms with van der Waals surface area (Å²) in [6.07, 6.45) is 5.21. The first-order chi connectivity index (χ1) is 16.8. The molecule has 0 unspecified atom stereocenters. The van der Waals surface area contributed by atoms with Crippen molar-refractivity contribution in [3.63, 3.8) is 0 Å². The van der Waals surface area contributed by atoms with Crippen molar-refractivity contribution in [2.24, 2.45) is 5.92 Å². The predicted molar refractivity (Wildman–Crippen MR) is 139 cm³/mol. The average molecular weight is 518 g/mol. The third-order valence-electron chi connectivity index (χ3n) is 6.65. The molecule has 0 aromatic heterocycles. The lowest BCUT2D eigenvalue weighted by molar-refractivity contribution is -0.126. The van der Waals surface area contributed by atoms with E-state index in [1.165, 1.54) is 0 Å². The fraction of sp³-hybridized carbons (Fsp3) is 0.423. The van der Waals surface area contributed by atoms with Crippen molar-refractivity contribution >= 4 is 39.3 Å². The number of nitrogens with zero attached hydrogens (tertiary/aromatic N) is 3. The molecule has 2 aliphatic heterocycles. The highest BCUT2D eigenvalue weighted by atomic mass is 35.5. The van der Waals surface area contributed by atoms with Crippen LogP contribution in [0.15, 0.2) is 53.4 Å². The predicted octanol–water partition coefficient (Wildman–Crippen LogP) is 4.13. The molecule has 7 nitrogen and oxygen atoms in total. The van der Waals surface area contributed by atoms with E-state index in [1.54, 1.807) is 52.7 Å². The van der Waals surface area contributed by atoms with E-state index in [0.717, 1.165) is 24.1 Å². The fourth-order valence-electron chi connectivity index (χ4n) is 4.64. The van der Waals surface area contributed by atoms with Gasteiger partial charge in [0.1, 0.15) is 5.75 Å². The van der Waals surface area contributed by atoms with E-state index in [-0.39, 0.29) is 10.8 Å². The van der Waals surface area contributed by atoms with Gasteiger partial charge in [-0.25, -0.2) is 8.42 Å². The van der Waals surface area contributed by atoms with Crippen LogP contribution in [0.4, 0.5) is 5.69 Å². The molecule has 0 radical (unpaired) electrons. The number of carbonyl (C=O) groups excluding carboxylic acids is 1. The minimum Gasteiger partial charge on any atom is -0.495 e. The maximum absolute atomic E-state index is 13.3. The van der Waals surface area contributed by atoms with E-state index in [1.807, 2.05) is 18.2 Å². The zero-order valence-corrected chi connectivity index (χ0v) is 21.8. The van der Waals surface area contributed by atoms with Crippen LogP contribution in [-0.4, -0.2) is 69.9 Å². The summed E-state index contributed by atoms with van der Waals surface area (Å²) in [7, 11) is -1.99. The van der Waals surface area contributed by atoms with Gasteiger partial charge in [-0.15, -0.1) is 0 Å². The highest BCUT2D eigenvalue weighted by molar-refractivity contribution is 7.89. The molecule has 0 aliphatic carbocycles. The Morgan fingerprint density at radius 3 is 2.51 bits per heavy atom. The molecule has 2 fully saturated rings. The van der Waals surface area contributed by atoms with Gasteiger partial charge in [0.2, 0.25) is 15.9 Å². The maximum atomic E-state index is 13.3. The summed E-state index contributed by atoms with van der Waals surface area (Å²) in [6.45, 7) is 5.39. The van der Waals surface area contributed by atoms with E-state index >= 15 is 0 Å². The lowest BCUT2D eigenvalue weighted by Crippen LogP contribution is -2.48. The lowest BCUT2D eigenvalue weighted by atomic mass is 10.0. The van der Waals surface area contributed by atoms with Gasteiger partial charge in [0.15, 0.2) is 0 Å². The molecule has 1 amide bonds. The summed E-state index contributed by atoms with van der Waals surface area (Å²) in [5.74, 6) is 0.898. The summed E-state index contributed by atoms with van der Waals surface area (Å²) < 4.78 is 33.8. The highest BCUT2D eigenvalue weighted by Gasteiger charge is 2.30. The van der Waals surface area contributed by atoms with Crippen molar-refractivity contribution < 1.29 is 17.9 Å². The van der Waals surface area contributed by atoms with Crippen LogP contribution < -0.4 is 9.64 Å². The Morgan fingerprint density at radius 2 is 1.83 bits per heavy atom. The Labute approximate surface area is 213 Å². The average Bonchev–Trinajstić information content (AvgIpc) is 2.87. The van der Waals surface area contributed by atoms with Gasteiger partial charge in [0.05, 0.1) is 17.7 Å².